The van der Waals surface area contributed by atoms with Crippen molar-refractivity contribution in [3.8, 4) is 0 Å². The van der Waals surface area contributed by atoms with Gasteiger partial charge in [-0.05, 0) is 26.0 Å². The molecule has 0 bridgehead atoms. The van der Waals surface area contributed by atoms with E-state index >= 15 is 0 Å². The van der Waals surface area contributed by atoms with Crippen molar-refractivity contribution in [3.63, 3.8) is 0 Å². The first-order chi connectivity index (χ1) is 10.8. The molecule has 8 nitrogen and oxygen atoms in total. The second kappa shape index (κ2) is 5.44. The number of fused-ring (bicyclic) bond motifs is 3. The highest BCUT2D eigenvalue weighted by atomic mass is 32.2. The fourth-order valence-corrected chi connectivity index (χ4v) is 2.98. The van der Waals surface area contributed by atoms with E-state index in [-0.39, 0.29) is 12.1 Å². The van der Waals surface area contributed by atoms with Crippen molar-refractivity contribution in [1.82, 2.24) is 18.7 Å². The maximum absolute atomic E-state index is 12.6. The summed E-state index contributed by atoms with van der Waals surface area (Å²) in [5.41, 5.74) is 2.66. The van der Waals surface area contributed by atoms with Gasteiger partial charge in [-0.2, -0.15) is 8.42 Å². The first-order valence-corrected chi connectivity index (χ1v) is 8.59. The standard InChI is InChI=1S/C14H17N5O3S/c1-9-10(2)17-14-18(8-7-16-23(15,21)22)11-5-3-4-6-12(11)19(14)13(9)20/h3-6,16H,7-8H2,1-2H3,(H2,15,21,22). The Kier molecular flexibility index (Phi) is 3.71. The zero-order valence-electron chi connectivity index (χ0n) is 12.8. The number of aromatic nitrogens is 3. The van der Waals surface area contributed by atoms with Crippen LogP contribution in [0.4, 0.5) is 0 Å². The molecule has 23 heavy (non-hydrogen) atoms. The van der Waals surface area contributed by atoms with Crippen LogP contribution in [-0.4, -0.2) is 28.9 Å². The van der Waals surface area contributed by atoms with E-state index in [9.17, 15) is 13.2 Å². The van der Waals surface area contributed by atoms with E-state index in [1.807, 2.05) is 24.3 Å². The van der Waals surface area contributed by atoms with Gasteiger partial charge in [0.15, 0.2) is 0 Å². The Bertz CT molecular complexity index is 1070. The van der Waals surface area contributed by atoms with Gasteiger partial charge >= 0.3 is 0 Å². The fraction of sp³-hybridized carbons (Fsp3) is 0.286. The van der Waals surface area contributed by atoms with Crippen molar-refractivity contribution in [2.24, 2.45) is 5.14 Å². The quantitative estimate of drug-likeness (QED) is 0.702. The molecule has 122 valence electrons. The number of nitrogens with one attached hydrogen (secondary N) is 1. The Labute approximate surface area is 132 Å². The molecular weight excluding hydrogens is 318 g/mol. The maximum atomic E-state index is 12.6. The normalized spacial score (nSPS) is 12.3. The number of aryl methyl sites for hydroxylation is 1. The minimum Gasteiger partial charge on any atom is -0.308 e. The predicted octanol–water partition coefficient (Wildman–Crippen LogP) is 0.0591. The number of hydrogen-bond donors (Lipinski definition) is 2. The molecular formula is C14H17N5O3S. The zero-order valence-corrected chi connectivity index (χ0v) is 13.6. The van der Waals surface area contributed by atoms with Crippen molar-refractivity contribution < 1.29 is 8.42 Å². The molecule has 2 heterocycles. The van der Waals surface area contributed by atoms with Gasteiger partial charge in [0.25, 0.3) is 15.8 Å². The third-order valence-electron chi connectivity index (χ3n) is 3.83. The van der Waals surface area contributed by atoms with Crippen molar-refractivity contribution >= 4 is 27.0 Å². The number of rotatable bonds is 4. The van der Waals surface area contributed by atoms with E-state index in [2.05, 4.69) is 9.71 Å². The first-order valence-electron chi connectivity index (χ1n) is 7.04. The Balaban J connectivity index is 2.24. The van der Waals surface area contributed by atoms with Crippen molar-refractivity contribution in [2.75, 3.05) is 6.54 Å². The number of benzene rings is 1. The molecule has 0 aliphatic heterocycles. The summed E-state index contributed by atoms with van der Waals surface area (Å²) < 4.78 is 27.7. The fourth-order valence-electron chi connectivity index (χ4n) is 2.60. The van der Waals surface area contributed by atoms with Crippen molar-refractivity contribution in [3.05, 3.63) is 45.9 Å². The number of nitrogens with zero attached hydrogens (tertiary/aromatic N) is 3. The molecule has 0 aliphatic carbocycles. The van der Waals surface area contributed by atoms with E-state index in [1.54, 1.807) is 22.8 Å². The van der Waals surface area contributed by atoms with Gasteiger partial charge in [0.05, 0.1) is 11.0 Å². The van der Waals surface area contributed by atoms with Crippen LogP contribution in [0.15, 0.2) is 29.1 Å². The van der Waals surface area contributed by atoms with Crippen molar-refractivity contribution in [2.45, 2.75) is 20.4 Å². The van der Waals surface area contributed by atoms with Crippen LogP contribution in [0.1, 0.15) is 11.3 Å². The molecule has 3 N–H and O–H groups in total. The lowest BCUT2D eigenvalue weighted by Gasteiger charge is -2.07. The average molecular weight is 335 g/mol. The van der Waals surface area contributed by atoms with Gasteiger partial charge in [0.2, 0.25) is 5.78 Å². The van der Waals surface area contributed by atoms with Crippen LogP contribution in [0.5, 0.6) is 0 Å². The van der Waals surface area contributed by atoms with Crippen LogP contribution in [0.25, 0.3) is 16.8 Å². The molecule has 1 aromatic carbocycles. The monoisotopic (exact) mass is 335 g/mol. The minimum absolute atomic E-state index is 0.107. The highest BCUT2D eigenvalue weighted by Gasteiger charge is 2.15. The number of para-hydroxylation sites is 2. The smallest absolute Gasteiger partial charge is 0.274 e. The van der Waals surface area contributed by atoms with Gasteiger partial charge < -0.3 is 4.57 Å². The molecule has 3 aromatic rings. The van der Waals surface area contributed by atoms with E-state index in [1.165, 1.54) is 0 Å². The lowest BCUT2D eigenvalue weighted by molar-refractivity contribution is 0.576. The predicted molar refractivity (Wildman–Crippen MR) is 87.5 cm³/mol. The summed E-state index contributed by atoms with van der Waals surface area (Å²) in [6.07, 6.45) is 0. The maximum Gasteiger partial charge on any atom is 0.274 e. The molecule has 0 spiro atoms. The zero-order chi connectivity index (χ0) is 16.8. The van der Waals surface area contributed by atoms with Gasteiger partial charge in [0, 0.05) is 24.3 Å². The summed E-state index contributed by atoms with van der Waals surface area (Å²) in [7, 11) is -3.76. The van der Waals surface area contributed by atoms with E-state index < -0.39 is 10.2 Å². The lowest BCUT2D eigenvalue weighted by Crippen LogP contribution is -2.33. The summed E-state index contributed by atoms with van der Waals surface area (Å²) in [5, 5.41) is 4.95. The van der Waals surface area contributed by atoms with Crippen LogP contribution in [0, 0.1) is 13.8 Å². The molecule has 0 saturated heterocycles. The topological polar surface area (TPSA) is 111 Å². The van der Waals surface area contributed by atoms with E-state index in [0.29, 0.717) is 23.6 Å². The Morgan fingerprint density at radius 3 is 2.52 bits per heavy atom. The Morgan fingerprint density at radius 2 is 1.87 bits per heavy atom. The number of nitrogens with two attached hydrogens (primary N) is 1. The largest absolute Gasteiger partial charge is 0.308 e. The van der Waals surface area contributed by atoms with Gasteiger partial charge in [-0.3, -0.25) is 4.79 Å². The Hall–Kier alpha value is -2.23. The molecule has 0 amide bonds. The third kappa shape index (κ3) is 2.74. The molecule has 3 rings (SSSR count). The summed E-state index contributed by atoms with van der Waals surface area (Å²) in [6.45, 7) is 3.94. The third-order valence-corrected chi connectivity index (χ3v) is 4.43. The lowest BCUT2D eigenvalue weighted by atomic mass is 10.2. The van der Waals surface area contributed by atoms with Crippen molar-refractivity contribution in [1.29, 1.82) is 0 Å². The molecule has 0 saturated carbocycles. The van der Waals surface area contributed by atoms with Crippen LogP contribution in [0.3, 0.4) is 0 Å². The van der Waals surface area contributed by atoms with Gasteiger partial charge in [-0.15, -0.1) is 0 Å². The first kappa shape index (κ1) is 15.7. The second-order valence-corrected chi connectivity index (χ2v) is 6.72. The summed E-state index contributed by atoms with van der Waals surface area (Å²) in [6, 6.07) is 7.40. The molecule has 0 atom stereocenters. The molecule has 2 aromatic heterocycles. The van der Waals surface area contributed by atoms with Crippen LogP contribution in [0.2, 0.25) is 0 Å². The highest BCUT2D eigenvalue weighted by molar-refractivity contribution is 7.87. The van der Waals surface area contributed by atoms with Gasteiger partial charge in [-0.1, -0.05) is 12.1 Å². The van der Waals surface area contributed by atoms with E-state index in [4.69, 9.17) is 5.14 Å². The average Bonchev–Trinajstić information content (AvgIpc) is 2.78. The van der Waals surface area contributed by atoms with E-state index in [0.717, 1.165) is 11.0 Å². The number of imidazole rings is 1. The van der Waals surface area contributed by atoms with Crippen LogP contribution >= 0.6 is 0 Å². The minimum atomic E-state index is -3.76. The van der Waals surface area contributed by atoms with Crippen LogP contribution in [-0.2, 0) is 16.8 Å². The number of hydrogen-bond acceptors (Lipinski definition) is 4. The van der Waals surface area contributed by atoms with Crippen LogP contribution < -0.4 is 15.4 Å². The molecule has 0 unspecified atom stereocenters. The summed E-state index contributed by atoms with van der Waals surface area (Å²) in [5.74, 6) is 0.482. The second-order valence-electron chi connectivity index (χ2n) is 5.34. The molecule has 9 heteroatoms. The van der Waals surface area contributed by atoms with Gasteiger partial charge in [-0.25, -0.2) is 19.2 Å². The Morgan fingerprint density at radius 1 is 1.22 bits per heavy atom. The molecule has 0 radical (unpaired) electrons. The summed E-state index contributed by atoms with van der Waals surface area (Å²) >= 11 is 0. The van der Waals surface area contributed by atoms with Gasteiger partial charge in [0.1, 0.15) is 0 Å². The molecule has 0 aliphatic rings. The highest BCUT2D eigenvalue weighted by Crippen LogP contribution is 2.18. The molecule has 0 fully saturated rings. The summed E-state index contributed by atoms with van der Waals surface area (Å²) in [4.78, 5) is 17.1. The SMILES string of the molecule is Cc1nc2n(CCNS(N)(=O)=O)c3ccccc3n2c(=O)c1C.